The highest BCUT2D eigenvalue weighted by molar-refractivity contribution is 7.21. The van der Waals surface area contributed by atoms with Gasteiger partial charge in [0, 0.05) is 12.3 Å². The SMILES string of the molecule is O=C(N[C@@H](Cc1ccc(O)c(-c2nc3ccccc3s2)c1)C(=O)O)OCC1c2ccccc2-c2ccccc21. The van der Waals surface area contributed by atoms with Crippen LogP contribution in [0.3, 0.4) is 0 Å². The van der Waals surface area contributed by atoms with E-state index in [1.807, 2.05) is 60.7 Å². The highest BCUT2D eigenvalue weighted by atomic mass is 32.1. The zero-order valence-corrected chi connectivity index (χ0v) is 21.5. The number of aromatic hydroxyl groups is 1. The lowest BCUT2D eigenvalue weighted by Crippen LogP contribution is -2.42. The fourth-order valence-electron chi connectivity index (χ4n) is 5.09. The number of aliphatic carboxylic acids is 1. The first-order chi connectivity index (χ1) is 19.0. The van der Waals surface area contributed by atoms with Gasteiger partial charge in [-0.2, -0.15) is 0 Å². The molecule has 3 N–H and O–H groups in total. The van der Waals surface area contributed by atoms with Crippen LogP contribution in [0.25, 0.3) is 31.9 Å². The van der Waals surface area contributed by atoms with E-state index in [1.54, 1.807) is 12.1 Å². The second kappa shape index (κ2) is 10.2. The molecule has 0 radical (unpaired) electrons. The fraction of sp³-hybridized carbons (Fsp3) is 0.129. The van der Waals surface area contributed by atoms with Gasteiger partial charge in [-0.05, 0) is 52.1 Å². The Morgan fingerprint density at radius 3 is 2.26 bits per heavy atom. The third kappa shape index (κ3) is 4.82. The van der Waals surface area contributed by atoms with E-state index in [-0.39, 0.29) is 24.7 Å². The van der Waals surface area contributed by atoms with Crippen LogP contribution in [-0.2, 0) is 16.0 Å². The molecular formula is C31H24N2O5S. The van der Waals surface area contributed by atoms with Crippen LogP contribution in [0.4, 0.5) is 4.79 Å². The number of thiazole rings is 1. The maximum Gasteiger partial charge on any atom is 0.407 e. The first kappa shape index (κ1) is 24.6. The summed E-state index contributed by atoms with van der Waals surface area (Å²) >= 11 is 1.44. The van der Waals surface area contributed by atoms with Gasteiger partial charge < -0.3 is 20.3 Å². The predicted octanol–water partition coefficient (Wildman–Crippen LogP) is 6.20. The lowest BCUT2D eigenvalue weighted by atomic mass is 9.98. The van der Waals surface area contributed by atoms with Gasteiger partial charge in [0.25, 0.3) is 0 Å². The fourth-order valence-corrected chi connectivity index (χ4v) is 6.08. The van der Waals surface area contributed by atoms with Gasteiger partial charge in [0.1, 0.15) is 23.4 Å². The van der Waals surface area contributed by atoms with Gasteiger partial charge in [0.05, 0.1) is 15.8 Å². The Balaban J connectivity index is 1.16. The maximum atomic E-state index is 12.7. The summed E-state index contributed by atoms with van der Waals surface area (Å²) in [5.74, 6) is -1.26. The number of phenols is 1. The van der Waals surface area contributed by atoms with Crippen molar-refractivity contribution in [3.05, 3.63) is 108 Å². The largest absolute Gasteiger partial charge is 0.507 e. The van der Waals surface area contributed by atoms with Crippen LogP contribution >= 0.6 is 11.3 Å². The number of alkyl carbamates (subject to hydrolysis) is 1. The number of hydrogen-bond donors (Lipinski definition) is 3. The minimum atomic E-state index is -1.21. The van der Waals surface area contributed by atoms with Crippen molar-refractivity contribution in [1.29, 1.82) is 0 Å². The highest BCUT2D eigenvalue weighted by Crippen LogP contribution is 2.44. The molecule has 194 valence electrons. The number of carbonyl (C=O) groups excluding carboxylic acids is 1. The summed E-state index contributed by atoms with van der Waals surface area (Å²) in [7, 11) is 0. The number of carbonyl (C=O) groups is 2. The van der Waals surface area contributed by atoms with Gasteiger partial charge in [-0.1, -0.05) is 66.7 Å². The van der Waals surface area contributed by atoms with Crippen LogP contribution in [0.5, 0.6) is 5.75 Å². The molecule has 7 nitrogen and oxygen atoms in total. The number of para-hydroxylation sites is 1. The van der Waals surface area contributed by atoms with E-state index < -0.39 is 18.1 Å². The molecule has 1 aliphatic rings. The van der Waals surface area contributed by atoms with E-state index in [0.29, 0.717) is 16.1 Å². The van der Waals surface area contributed by atoms with E-state index in [0.717, 1.165) is 32.5 Å². The molecule has 0 unspecified atom stereocenters. The van der Waals surface area contributed by atoms with Crippen molar-refractivity contribution in [3.8, 4) is 27.4 Å². The summed E-state index contributed by atoms with van der Waals surface area (Å²) in [4.78, 5) is 29.4. The first-order valence-corrected chi connectivity index (χ1v) is 13.3. The van der Waals surface area contributed by atoms with Gasteiger partial charge in [0.15, 0.2) is 0 Å². The molecule has 0 fully saturated rings. The van der Waals surface area contributed by atoms with Crippen LogP contribution in [-0.4, -0.2) is 39.9 Å². The third-order valence-corrected chi connectivity index (χ3v) is 8.03. The molecule has 5 aromatic rings. The van der Waals surface area contributed by atoms with E-state index >= 15 is 0 Å². The summed E-state index contributed by atoms with van der Waals surface area (Å²) in [5.41, 5.74) is 6.35. The second-order valence-electron chi connectivity index (χ2n) is 9.40. The Morgan fingerprint density at radius 1 is 0.897 bits per heavy atom. The zero-order chi connectivity index (χ0) is 26.9. The normalized spacial score (nSPS) is 13.0. The van der Waals surface area contributed by atoms with Crippen molar-refractivity contribution in [1.82, 2.24) is 10.3 Å². The molecule has 0 spiro atoms. The minimum Gasteiger partial charge on any atom is -0.507 e. The van der Waals surface area contributed by atoms with Crippen molar-refractivity contribution in [3.63, 3.8) is 0 Å². The van der Waals surface area contributed by atoms with Crippen molar-refractivity contribution < 1.29 is 24.5 Å². The van der Waals surface area contributed by atoms with Crippen LogP contribution in [0.2, 0.25) is 0 Å². The van der Waals surface area contributed by atoms with E-state index in [9.17, 15) is 19.8 Å². The molecule has 0 bridgehead atoms. The van der Waals surface area contributed by atoms with Crippen molar-refractivity contribution in [2.75, 3.05) is 6.61 Å². The van der Waals surface area contributed by atoms with Crippen LogP contribution in [0.15, 0.2) is 91.0 Å². The molecule has 6 rings (SSSR count). The van der Waals surface area contributed by atoms with Gasteiger partial charge in [-0.15, -0.1) is 11.3 Å². The number of carboxylic acid groups (broad SMARTS) is 1. The van der Waals surface area contributed by atoms with Crippen molar-refractivity contribution in [2.24, 2.45) is 0 Å². The smallest absolute Gasteiger partial charge is 0.407 e. The van der Waals surface area contributed by atoms with Gasteiger partial charge in [0.2, 0.25) is 0 Å². The van der Waals surface area contributed by atoms with Crippen LogP contribution in [0, 0.1) is 0 Å². The Hall–Kier alpha value is -4.69. The van der Waals surface area contributed by atoms with E-state index in [4.69, 9.17) is 4.74 Å². The molecule has 1 aromatic heterocycles. The minimum absolute atomic E-state index is 0.0116. The number of ether oxygens (including phenoxy) is 1. The number of carboxylic acids is 1. The number of amides is 1. The van der Waals surface area contributed by atoms with Gasteiger partial charge in [-0.25, -0.2) is 14.6 Å². The van der Waals surface area contributed by atoms with E-state index in [1.165, 1.54) is 17.4 Å². The lowest BCUT2D eigenvalue weighted by molar-refractivity contribution is -0.139. The number of phenolic OH excluding ortho intramolecular Hbond substituents is 1. The standard InChI is InChI=1S/C31H24N2O5S/c34-27-14-13-18(15-23(27)29-32-25-11-5-6-12-28(25)39-29)16-26(30(35)36)33-31(37)38-17-24-21-9-3-1-7-19(21)20-8-2-4-10-22(20)24/h1-15,24,26,34H,16-17H2,(H,33,37)(H,35,36)/t26-/m0/s1. The Morgan fingerprint density at radius 2 is 1.56 bits per heavy atom. The van der Waals surface area contributed by atoms with Gasteiger partial charge in [-0.3, -0.25) is 0 Å². The molecule has 4 aromatic carbocycles. The van der Waals surface area contributed by atoms with Crippen LogP contribution in [0.1, 0.15) is 22.6 Å². The number of nitrogens with zero attached hydrogens (tertiary/aromatic N) is 1. The molecule has 39 heavy (non-hydrogen) atoms. The quantitative estimate of drug-likeness (QED) is 0.228. The monoisotopic (exact) mass is 536 g/mol. The number of fused-ring (bicyclic) bond motifs is 4. The molecule has 0 saturated heterocycles. The maximum absolute atomic E-state index is 12.7. The summed E-state index contributed by atoms with van der Waals surface area (Å²) in [6.07, 6.45) is -0.785. The predicted molar refractivity (Wildman–Crippen MR) is 150 cm³/mol. The molecule has 1 atom stereocenters. The molecule has 1 amide bonds. The van der Waals surface area contributed by atoms with E-state index in [2.05, 4.69) is 22.4 Å². The number of benzene rings is 4. The number of hydrogen-bond acceptors (Lipinski definition) is 6. The molecule has 8 heteroatoms. The summed E-state index contributed by atoms with van der Waals surface area (Å²) in [6, 6.07) is 27.3. The topological polar surface area (TPSA) is 109 Å². The Bertz CT molecular complexity index is 1630. The average Bonchev–Trinajstić information content (AvgIpc) is 3.52. The average molecular weight is 537 g/mol. The third-order valence-electron chi connectivity index (χ3n) is 6.96. The van der Waals surface area contributed by atoms with Crippen molar-refractivity contribution >= 4 is 33.6 Å². The highest BCUT2D eigenvalue weighted by Gasteiger charge is 2.30. The first-order valence-electron chi connectivity index (χ1n) is 12.5. The zero-order valence-electron chi connectivity index (χ0n) is 20.7. The number of aromatic nitrogens is 1. The molecule has 0 saturated carbocycles. The number of rotatable bonds is 7. The Kier molecular flexibility index (Phi) is 6.46. The second-order valence-corrected chi connectivity index (χ2v) is 10.4. The van der Waals surface area contributed by atoms with Crippen LogP contribution < -0.4 is 5.32 Å². The summed E-state index contributed by atoms with van der Waals surface area (Å²) in [5, 5.41) is 23.4. The molecular weight excluding hydrogens is 512 g/mol. The molecule has 0 aliphatic heterocycles. The summed E-state index contributed by atoms with van der Waals surface area (Å²) in [6.45, 7) is 0.0904. The molecule has 1 heterocycles. The molecule has 1 aliphatic carbocycles. The summed E-state index contributed by atoms with van der Waals surface area (Å²) < 4.78 is 6.53. The Labute approximate surface area is 228 Å². The van der Waals surface area contributed by atoms with Crippen molar-refractivity contribution in [2.45, 2.75) is 18.4 Å². The van der Waals surface area contributed by atoms with Gasteiger partial charge >= 0.3 is 12.1 Å². The number of nitrogens with one attached hydrogen (secondary N) is 1. The lowest BCUT2D eigenvalue weighted by Gasteiger charge is -2.18.